The first kappa shape index (κ1) is 42.8. The predicted molar refractivity (Wildman–Crippen MR) is 203 cm³/mol. The Morgan fingerprint density at radius 1 is 0.815 bits per heavy atom. The number of nitrogens with one attached hydrogen (secondary N) is 6. The number of H-pyrrole nitrogens is 1. The van der Waals surface area contributed by atoms with Crippen molar-refractivity contribution in [3.05, 3.63) is 71.9 Å². The fraction of sp³-hybridized carbons (Fsp3) is 0.432. The number of hydrogen-bond acceptors (Lipinski definition) is 9. The second kappa shape index (κ2) is 20.6. The summed E-state index contributed by atoms with van der Waals surface area (Å²) in [5, 5.41) is 23.1. The van der Waals surface area contributed by atoms with Gasteiger partial charge in [0.1, 0.15) is 29.8 Å². The van der Waals surface area contributed by atoms with Crippen LogP contribution >= 0.6 is 11.8 Å². The van der Waals surface area contributed by atoms with Crippen LogP contribution in [0.2, 0.25) is 0 Å². The van der Waals surface area contributed by atoms with Crippen LogP contribution in [0.5, 0.6) is 0 Å². The molecule has 0 aliphatic rings. The van der Waals surface area contributed by atoms with Crippen molar-refractivity contribution in [3.63, 3.8) is 0 Å². The Hall–Kier alpha value is -5.58. The van der Waals surface area contributed by atoms with Crippen LogP contribution in [0.1, 0.15) is 51.2 Å². The molecule has 6 amide bonds. The molecule has 3 aromatic rings. The zero-order chi connectivity index (χ0) is 39.8. The number of benzene rings is 2. The van der Waals surface area contributed by atoms with Gasteiger partial charge in [0.25, 0.3) is 0 Å². The maximum absolute atomic E-state index is 13.9. The van der Waals surface area contributed by atoms with Gasteiger partial charge in [0.15, 0.2) is 0 Å². The van der Waals surface area contributed by atoms with Crippen LogP contribution in [-0.4, -0.2) is 100 Å². The number of fused-ring (bicyclic) bond motifs is 1. The smallest absolute Gasteiger partial charge is 0.407 e. The number of aliphatic carboxylic acids is 1. The highest BCUT2D eigenvalue weighted by molar-refractivity contribution is 7.98. The molecule has 1 heterocycles. The summed E-state index contributed by atoms with van der Waals surface area (Å²) in [5.74, 6) is -4.95. The maximum Gasteiger partial charge on any atom is 0.407 e. The lowest BCUT2D eigenvalue weighted by Crippen LogP contribution is -2.59. The molecule has 9 N–H and O–H groups in total. The van der Waals surface area contributed by atoms with Crippen LogP contribution in [0.3, 0.4) is 0 Å². The van der Waals surface area contributed by atoms with E-state index in [1.807, 2.05) is 24.3 Å². The van der Waals surface area contributed by atoms with E-state index in [9.17, 15) is 38.7 Å². The zero-order valence-electron chi connectivity index (χ0n) is 30.7. The molecule has 0 radical (unpaired) electrons. The topological polar surface area (TPSA) is 251 Å². The number of aromatic nitrogens is 1. The SMILES string of the molecule is CSCC[C@H](NC(=O)[C@H](Cc1c[nH]c2ccccc12)NC(=O)CCNC(=O)OC(C)(C)C)C(=O)N[C@H](CC(=O)O)C(=O)N[C@@H](Cc1ccccc1)C(N)=O. The number of amides is 6. The first-order chi connectivity index (χ1) is 25.6. The van der Waals surface area contributed by atoms with E-state index in [-0.39, 0.29) is 32.2 Å². The molecule has 0 saturated heterocycles. The third kappa shape index (κ3) is 14.4. The van der Waals surface area contributed by atoms with Crippen LogP contribution in [0, 0.1) is 0 Å². The van der Waals surface area contributed by atoms with Gasteiger partial charge in [-0.25, -0.2) is 4.79 Å². The fourth-order valence-electron chi connectivity index (χ4n) is 5.37. The number of para-hydroxylation sites is 1. The van der Waals surface area contributed by atoms with Crippen molar-refractivity contribution in [1.82, 2.24) is 31.6 Å². The summed E-state index contributed by atoms with van der Waals surface area (Å²) in [4.78, 5) is 93.2. The second-order valence-corrected chi connectivity index (χ2v) is 14.5. The van der Waals surface area contributed by atoms with Crippen LogP contribution in [0.25, 0.3) is 10.9 Å². The van der Waals surface area contributed by atoms with Crippen LogP contribution in [0.4, 0.5) is 4.79 Å². The molecule has 16 nitrogen and oxygen atoms in total. The molecule has 4 atom stereocenters. The molecule has 1 aromatic heterocycles. The van der Waals surface area contributed by atoms with Gasteiger partial charge in [-0.05, 0) is 56.4 Å². The average molecular weight is 768 g/mol. The summed E-state index contributed by atoms with van der Waals surface area (Å²) >= 11 is 1.39. The number of ether oxygens (including phenoxy) is 1. The van der Waals surface area contributed by atoms with Crippen molar-refractivity contribution in [2.24, 2.45) is 5.73 Å². The number of rotatable bonds is 20. The molecule has 17 heteroatoms. The monoisotopic (exact) mass is 767 g/mol. The molecule has 0 aliphatic carbocycles. The van der Waals surface area contributed by atoms with E-state index in [0.29, 0.717) is 16.9 Å². The highest BCUT2D eigenvalue weighted by Gasteiger charge is 2.32. The minimum absolute atomic E-state index is 0.0257. The predicted octanol–water partition coefficient (Wildman–Crippen LogP) is 1.52. The normalized spacial score (nSPS) is 13.4. The third-order valence-corrected chi connectivity index (χ3v) is 8.61. The minimum Gasteiger partial charge on any atom is -0.481 e. The molecule has 0 aliphatic heterocycles. The molecular weight excluding hydrogens is 719 g/mol. The number of hydrogen-bond donors (Lipinski definition) is 8. The van der Waals surface area contributed by atoms with E-state index in [1.54, 1.807) is 63.6 Å². The van der Waals surface area contributed by atoms with E-state index in [4.69, 9.17) is 10.5 Å². The van der Waals surface area contributed by atoms with Gasteiger partial charge in [0.2, 0.25) is 29.5 Å². The second-order valence-electron chi connectivity index (χ2n) is 13.5. The molecule has 54 heavy (non-hydrogen) atoms. The number of carbonyl (C=O) groups excluding carboxylic acids is 6. The lowest BCUT2D eigenvalue weighted by Gasteiger charge is -2.26. The van der Waals surface area contributed by atoms with E-state index in [2.05, 4.69) is 31.6 Å². The lowest BCUT2D eigenvalue weighted by atomic mass is 10.0. The van der Waals surface area contributed by atoms with E-state index in [0.717, 1.165) is 10.9 Å². The van der Waals surface area contributed by atoms with Gasteiger partial charge < -0.3 is 47.1 Å². The van der Waals surface area contributed by atoms with Crippen LogP contribution in [-0.2, 0) is 46.3 Å². The highest BCUT2D eigenvalue weighted by Crippen LogP contribution is 2.19. The number of carbonyl (C=O) groups is 7. The number of thioether (sulfide) groups is 1. The van der Waals surface area contributed by atoms with Gasteiger partial charge in [0, 0.05) is 42.9 Å². The van der Waals surface area contributed by atoms with E-state index >= 15 is 0 Å². The molecule has 0 saturated carbocycles. The van der Waals surface area contributed by atoms with Gasteiger partial charge in [-0.3, -0.25) is 28.8 Å². The Morgan fingerprint density at radius 3 is 2.07 bits per heavy atom. The van der Waals surface area contributed by atoms with Crippen molar-refractivity contribution < 1.29 is 43.4 Å². The van der Waals surface area contributed by atoms with Gasteiger partial charge in [-0.1, -0.05) is 48.5 Å². The zero-order valence-corrected chi connectivity index (χ0v) is 31.5. The van der Waals surface area contributed by atoms with Crippen molar-refractivity contribution >= 4 is 64.3 Å². The van der Waals surface area contributed by atoms with Gasteiger partial charge in [-0.15, -0.1) is 0 Å². The standard InChI is InChI=1S/C37H49N7O9S/c1-37(2,3)53-36(52)39-16-14-30(45)41-28(19-23-21-40-25-13-9-8-12-24(23)25)34(50)42-26(15-17-54-4)33(49)44-29(20-31(46)47)35(51)43-27(32(38)48)18-22-10-6-5-7-11-22/h5-13,21,26-29,40H,14-20H2,1-4H3,(H2,38,48)(H,39,52)(H,41,45)(H,42,50)(H,43,51)(H,44,49)(H,46,47)/t26-,27-,28-,29+/m0/s1. The largest absolute Gasteiger partial charge is 0.481 e. The average Bonchev–Trinajstić information content (AvgIpc) is 3.51. The quantitative estimate of drug-likeness (QED) is 0.0823. The first-order valence-electron chi connectivity index (χ1n) is 17.3. The summed E-state index contributed by atoms with van der Waals surface area (Å²) in [6.07, 6.45) is 1.93. The number of primary amides is 1. The number of nitrogens with two attached hydrogens (primary N) is 1. The van der Waals surface area contributed by atoms with E-state index in [1.165, 1.54) is 11.8 Å². The molecule has 0 fully saturated rings. The molecule has 0 unspecified atom stereocenters. The maximum atomic E-state index is 13.9. The van der Waals surface area contributed by atoms with Gasteiger partial charge in [0.05, 0.1) is 6.42 Å². The van der Waals surface area contributed by atoms with Crippen molar-refractivity contribution in [2.45, 2.75) is 82.6 Å². The Morgan fingerprint density at radius 2 is 1.43 bits per heavy atom. The Balaban J connectivity index is 1.79. The van der Waals surface area contributed by atoms with E-state index < -0.39 is 77.8 Å². The van der Waals surface area contributed by atoms with Crippen molar-refractivity contribution in [2.75, 3.05) is 18.6 Å². The number of carboxylic acid groups (broad SMARTS) is 1. The molecule has 3 rings (SSSR count). The van der Waals surface area contributed by atoms with Crippen molar-refractivity contribution in [1.29, 1.82) is 0 Å². The molecule has 292 valence electrons. The lowest BCUT2D eigenvalue weighted by molar-refractivity contribution is -0.141. The molecular formula is C37H49N7O9S. The van der Waals surface area contributed by atoms with Crippen molar-refractivity contribution in [3.8, 4) is 0 Å². The fourth-order valence-corrected chi connectivity index (χ4v) is 5.84. The molecule has 2 aromatic carbocycles. The summed E-state index contributed by atoms with van der Waals surface area (Å²) < 4.78 is 5.20. The summed E-state index contributed by atoms with van der Waals surface area (Å²) in [6.45, 7) is 5.03. The molecule has 0 spiro atoms. The highest BCUT2D eigenvalue weighted by atomic mass is 32.2. The Labute approximate surface area is 317 Å². The minimum atomic E-state index is -1.62. The first-order valence-corrected chi connectivity index (χ1v) is 18.7. The third-order valence-electron chi connectivity index (χ3n) is 7.97. The van der Waals surface area contributed by atoms with Crippen LogP contribution < -0.4 is 32.3 Å². The Kier molecular flexibility index (Phi) is 16.3. The summed E-state index contributed by atoms with van der Waals surface area (Å²) in [5.41, 5.74) is 7.00. The Bertz CT molecular complexity index is 1780. The summed E-state index contributed by atoms with van der Waals surface area (Å²) in [7, 11) is 0. The number of carboxylic acids is 1. The number of aromatic amines is 1. The number of alkyl carbamates (subject to hydrolysis) is 1. The van der Waals surface area contributed by atoms with Crippen LogP contribution in [0.15, 0.2) is 60.8 Å². The van der Waals surface area contributed by atoms with Gasteiger partial charge in [-0.2, -0.15) is 11.8 Å². The van der Waals surface area contributed by atoms with Gasteiger partial charge >= 0.3 is 12.1 Å². The summed E-state index contributed by atoms with van der Waals surface area (Å²) in [6, 6.07) is 10.8. The molecule has 0 bridgehead atoms.